The molecule has 1 aliphatic carbocycles. The fourth-order valence-corrected chi connectivity index (χ4v) is 5.85. The molecule has 8 heteroatoms. The number of rotatable bonds is 5. The van der Waals surface area contributed by atoms with Crippen LogP contribution in [0.25, 0.3) is 21.1 Å². The van der Waals surface area contributed by atoms with Crippen LogP contribution in [0.1, 0.15) is 45.8 Å². The molecular weight excluding hydrogens is 448 g/mol. The fourth-order valence-electron chi connectivity index (χ4n) is 4.80. The molecule has 0 bridgehead atoms. The van der Waals surface area contributed by atoms with Crippen molar-refractivity contribution >= 4 is 55.6 Å². The maximum absolute atomic E-state index is 12.9. The van der Waals surface area contributed by atoms with Crippen LogP contribution in [0.3, 0.4) is 0 Å². The van der Waals surface area contributed by atoms with Crippen LogP contribution in [0.4, 0.5) is 11.4 Å². The standard InChI is InChI=1S/C26H26N4O3S/c1-15-10-17-12-18(4-5-22(17)30(15)24(32)11-16-2-3-16)28-20-6-8-27-21-13-23(34-25(20)21)26(33)29-9-7-19(31)14-29/h4-6,8,10,12-13,16,19,31H,2-3,7,9,11,14H2,1H3,(H,27,28)/t19-/m1/s1. The molecular formula is C26H26N4O3S. The number of β-amino-alcohol motifs (C(OH)–C–C–N with tert-alkyl or cyclic N) is 1. The zero-order chi connectivity index (χ0) is 23.4. The molecule has 3 aromatic heterocycles. The number of hydrogen-bond acceptors (Lipinski definition) is 6. The largest absolute Gasteiger partial charge is 0.391 e. The van der Waals surface area contributed by atoms with Gasteiger partial charge in [-0.25, -0.2) is 0 Å². The Balaban J connectivity index is 1.28. The topological polar surface area (TPSA) is 87.5 Å². The van der Waals surface area contributed by atoms with E-state index in [4.69, 9.17) is 0 Å². The lowest BCUT2D eigenvalue weighted by molar-refractivity contribution is 0.0769. The number of pyridine rings is 1. The van der Waals surface area contributed by atoms with Gasteiger partial charge in [0.15, 0.2) is 0 Å². The van der Waals surface area contributed by atoms with Crippen LogP contribution in [-0.2, 0) is 0 Å². The fraction of sp³-hybridized carbons (Fsp3) is 0.346. The summed E-state index contributed by atoms with van der Waals surface area (Å²) >= 11 is 1.42. The van der Waals surface area contributed by atoms with E-state index in [1.807, 2.05) is 35.8 Å². The Kier molecular flexibility index (Phi) is 5.15. The summed E-state index contributed by atoms with van der Waals surface area (Å²) in [5.41, 5.74) is 4.46. The zero-order valence-electron chi connectivity index (χ0n) is 19.0. The third kappa shape index (κ3) is 3.86. The van der Waals surface area contributed by atoms with Gasteiger partial charge in [-0.2, -0.15) is 0 Å². The van der Waals surface area contributed by atoms with Gasteiger partial charge in [0.2, 0.25) is 5.91 Å². The third-order valence-electron chi connectivity index (χ3n) is 6.75. The predicted molar refractivity (Wildman–Crippen MR) is 134 cm³/mol. The van der Waals surface area contributed by atoms with Crippen LogP contribution in [-0.4, -0.2) is 50.6 Å². The average molecular weight is 475 g/mol. The van der Waals surface area contributed by atoms with Gasteiger partial charge in [-0.1, -0.05) is 0 Å². The van der Waals surface area contributed by atoms with Gasteiger partial charge in [0.05, 0.1) is 32.4 Å². The van der Waals surface area contributed by atoms with Crippen molar-refractivity contribution in [2.75, 3.05) is 18.4 Å². The molecule has 34 heavy (non-hydrogen) atoms. The van der Waals surface area contributed by atoms with E-state index < -0.39 is 6.10 Å². The molecule has 7 nitrogen and oxygen atoms in total. The van der Waals surface area contributed by atoms with Crippen molar-refractivity contribution in [3.63, 3.8) is 0 Å². The number of fused-ring (bicyclic) bond motifs is 2. The molecule has 1 saturated heterocycles. The number of likely N-dealkylation sites (tertiary alicyclic amines) is 1. The molecule has 6 rings (SSSR count). The molecule has 1 aromatic carbocycles. The third-order valence-corrected chi connectivity index (χ3v) is 7.89. The Morgan fingerprint density at radius 2 is 2.03 bits per heavy atom. The molecule has 4 aromatic rings. The maximum atomic E-state index is 12.9. The van der Waals surface area contributed by atoms with E-state index in [1.54, 1.807) is 11.1 Å². The average Bonchev–Trinajstić information content (AvgIpc) is 3.20. The highest BCUT2D eigenvalue weighted by molar-refractivity contribution is 7.21. The van der Waals surface area contributed by atoms with Crippen LogP contribution in [0.2, 0.25) is 0 Å². The van der Waals surface area contributed by atoms with Gasteiger partial charge in [-0.05, 0) is 68.5 Å². The van der Waals surface area contributed by atoms with Crippen molar-refractivity contribution in [3.8, 4) is 0 Å². The van der Waals surface area contributed by atoms with E-state index in [2.05, 4.69) is 22.4 Å². The van der Waals surface area contributed by atoms with Crippen molar-refractivity contribution in [1.29, 1.82) is 0 Å². The number of carbonyl (C=O) groups is 2. The second kappa shape index (κ2) is 8.21. The van der Waals surface area contributed by atoms with Gasteiger partial charge in [-0.3, -0.25) is 19.1 Å². The highest BCUT2D eigenvalue weighted by Gasteiger charge is 2.27. The van der Waals surface area contributed by atoms with Crippen LogP contribution >= 0.6 is 11.3 Å². The summed E-state index contributed by atoms with van der Waals surface area (Å²) in [5, 5.41) is 14.3. The molecule has 1 amide bonds. The van der Waals surface area contributed by atoms with E-state index in [0.29, 0.717) is 36.7 Å². The number of carbonyl (C=O) groups excluding carboxylic acids is 2. The van der Waals surface area contributed by atoms with E-state index in [9.17, 15) is 14.7 Å². The number of aromatic nitrogens is 2. The minimum atomic E-state index is -0.439. The summed E-state index contributed by atoms with van der Waals surface area (Å²) in [6, 6.07) is 11.8. The highest BCUT2D eigenvalue weighted by atomic mass is 32.1. The number of thiophene rings is 1. The lowest BCUT2D eigenvalue weighted by Gasteiger charge is -2.13. The molecule has 2 aliphatic rings. The molecule has 1 saturated carbocycles. The Morgan fingerprint density at radius 1 is 1.18 bits per heavy atom. The normalized spacial score (nSPS) is 18.2. The smallest absolute Gasteiger partial charge is 0.264 e. The molecule has 0 unspecified atom stereocenters. The van der Waals surface area contributed by atoms with Crippen LogP contribution in [0.5, 0.6) is 0 Å². The number of nitrogens with zero attached hydrogens (tertiary/aromatic N) is 3. The molecule has 1 aliphatic heterocycles. The van der Waals surface area contributed by atoms with Gasteiger partial charge in [0, 0.05) is 42.5 Å². The number of aliphatic hydroxyl groups excluding tert-OH is 1. The minimum Gasteiger partial charge on any atom is -0.391 e. The first-order valence-corrected chi connectivity index (χ1v) is 12.6. The SMILES string of the molecule is Cc1cc2cc(Nc3ccnc4cc(C(=O)N5CC[C@@H](O)C5)sc34)ccc2n1C(=O)CC1CC1. The second-order valence-electron chi connectivity index (χ2n) is 9.44. The van der Waals surface area contributed by atoms with Gasteiger partial charge in [0.25, 0.3) is 5.91 Å². The summed E-state index contributed by atoms with van der Waals surface area (Å²) in [4.78, 5) is 32.4. The zero-order valence-corrected chi connectivity index (χ0v) is 19.8. The predicted octanol–water partition coefficient (Wildman–Crippen LogP) is 4.95. The number of nitrogens with one attached hydrogen (secondary N) is 1. The number of hydrogen-bond donors (Lipinski definition) is 2. The highest BCUT2D eigenvalue weighted by Crippen LogP contribution is 2.36. The van der Waals surface area contributed by atoms with Crippen molar-refractivity contribution in [2.24, 2.45) is 5.92 Å². The summed E-state index contributed by atoms with van der Waals surface area (Å²) in [5.74, 6) is 0.671. The van der Waals surface area contributed by atoms with E-state index in [1.165, 1.54) is 11.3 Å². The van der Waals surface area contributed by atoms with E-state index in [-0.39, 0.29) is 11.8 Å². The number of aliphatic hydroxyl groups is 1. The van der Waals surface area contributed by atoms with E-state index in [0.717, 1.165) is 51.0 Å². The minimum absolute atomic E-state index is 0.0559. The Hall–Kier alpha value is -3.23. The molecule has 1 atom stereocenters. The molecule has 2 N–H and O–H groups in total. The first-order valence-electron chi connectivity index (χ1n) is 11.7. The van der Waals surface area contributed by atoms with Gasteiger partial charge in [-0.15, -0.1) is 11.3 Å². The second-order valence-corrected chi connectivity index (χ2v) is 10.5. The maximum Gasteiger partial charge on any atom is 0.264 e. The van der Waals surface area contributed by atoms with Crippen molar-refractivity contribution in [1.82, 2.24) is 14.5 Å². The Bertz CT molecular complexity index is 1430. The lowest BCUT2D eigenvalue weighted by Crippen LogP contribution is -2.28. The number of benzene rings is 1. The van der Waals surface area contributed by atoms with Crippen molar-refractivity contribution < 1.29 is 14.7 Å². The van der Waals surface area contributed by atoms with Crippen molar-refractivity contribution in [3.05, 3.63) is 53.2 Å². The summed E-state index contributed by atoms with van der Waals surface area (Å²) in [6.07, 6.45) is 4.86. The molecule has 2 fully saturated rings. The molecule has 4 heterocycles. The lowest BCUT2D eigenvalue weighted by atomic mass is 10.2. The van der Waals surface area contributed by atoms with Crippen molar-refractivity contribution in [2.45, 2.75) is 38.7 Å². The number of amides is 1. The van der Waals surface area contributed by atoms with E-state index >= 15 is 0 Å². The van der Waals surface area contributed by atoms with Gasteiger partial charge < -0.3 is 15.3 Å². The first kappa shape index (κ1) is 21.3. The summed E-state index contributed by atoms with van der Waals surface area (Å²) < 4.78 is 2.76. The van der Waals surface area contributed by atoms with Crippen LogP contribution in [0, 0.1) is 12.8 Å². The molecule has 0 radical (unpaired) electrons. The van der Waals surface area contributed by atoms with Crippen LogP contribution in [0.15, 0.2) is 42.6 Å². The Labute approximate surface area is 201 Å². The van der Waals surface area contributed by atoms with Gasteiger partial charge in [0.1, 0.15) is 0 Å². The molecule has 174 valence electrons. The quantitative estimate of drug-likeness (QED) is 0.427. The summed E-state index contributed by atoms with van der Waals surface area (Å²) in [7, 11) is 0. The van der Waals surface area contributed by atoms with Crippen LogP contribution < -0.4 is 5.32 Å². The molecule has 0 spiro atoms. The Morgan fingerprint density at radius 3 is 2.79 bits per heavy atom. The number of aryl methyl sites for hydroxylation is 1. The number of anilines is 2. The first-order chi connectivity index (χ1) is 16.5. The summed E-state index contributed by atoms with van der Waals surface area (Å²) in [6.45, 7) is 2.94. The van der Waals surface area contributed by atoms with Gasteiger partial charge >= 0.3 is 0 Å². The monoisotopic (exact) mass is 474 g/mol.